The van der Waals surface area contributed by atoms with E-state index >= 15 is 0 Å². The maximum atomic E-state index is 12.8. The van der Waals surface area contributed by atoms with Gasteiger partial charge >= 0.3 is 0 Å². The first-order valence-electron chi connectivity index (χ1n) is 6.11. The molecule has 0 aromatic heterocycles. The summed E-state index contributed by atoms with van der Waals surface area (Å²) in [4.78, 5) is 1.21. The molecule has 5 heteroatoms. The third kappa shape index (κ3) is 4.51. The molecule has 2 N–H and O–H groups in total. The molecule has 0 saturated carbocycles. The second-order valence-electron chi connectivity index (χ2n) is 4.16. The average Bonchev–Trinajstić information content (AvgIpc) is 2.47. The van der Waals surface area contributed by atoms with Crippen molar-refractivity contribution in [2.24, 2.45) is 0 Å². The van der Waals surface area contributed by atoms with Crippen molar-refractivity contribution in [3.8, 4) is 0 Å². The molecule has 0 bridgehead atoms. The predicted octanol–water partition coefficient (Wildman–Crippen LogP) is 4.03. The van der Waals surface area contributed by atoms with E-state index in [1.54, 1.807) is 23.9 Å². The van der Waals surface area contributed by atoms with Crippen molar-refractivity contribution < 1.29 is 4.39 Å². The van der Waals surface area contributed by atoms with Gasteiger partial charge in [0.2, 0.25) is 0 Å². The standard InChI is InChI=1S/C15H15FN2S2/c1-20-14-8-6-13(7-9-14)18-15(19)17-10-11-2-4-12(16)5-3-11/h2-9H,10H2,1H3,(H2,17,18,19). The van der Waals surface area contributed by atoms with Gasteiger partial charge in [-0.3, -0.25) is 0 Å². The van der Waals surface area contributed by atoms with Crippen molar-refractivity contribution in [3.63, 3.8) is 0 Å². The van der Waals surface area contributed by atoms with Crippen LogP contribution in [0.15, 0.2) is 53.4 Å². The van der Waals surface area contributed by atoms with Gasteiger partial charge in [0.25, 0.3) is 0 Å². The van der Waals surface area contributed by atoms with Gasteiger partial charge in [-0.25, -0.2) is 4.39 Å². The number of rotatable bonds is 4. The molecule has 2 aromatic carbocycles. The minimum atomic E-state index is -0.233. The molecule has 20 heavy (non-hydrogen) atoms. The smallest absolute Gasteiger partial charge is 0.171 e. The van der Waals surface area contributed by atoms with Gasteiger partial charge in [-0.15, -0.1) is 11.8 Å². The van der Waals surface area contributed by atoms with E-state index in [1.807, 2.05) is 30.5 Å². The summed E-state index contributed by atoms with van der Waals surface area (Å²) in [6.45, 7) is 0.564. The zero-order valence-corrected chi connectivity index (χ0v) is 12.7. The lowest BCUT2D eigenvalue weighted by Crippen LogP contribution is -2.27. The van der Waals surface area contributed by atoms with Crippen LogP contribution in [0.25, 0.3) is 0 Å². The number of anilines is 1. The maximum absolute atomic E-state index is 12.8. The molecular formula is C15H15FN2S2. The average molecular weight is 306 g/mol. The minimum Gasteiger partial charge on any atom is -0.358 e. The van der Waals surface area contributed by atoms with Gasteiger partial charge in [0, 0.05) is 17.1 Å². The molecule has 0 radical (unpaired) electrons. The second-order valence-corrected chi connectivity index (χ2v) is 5.45. The molecule has 0 amide bonds. The fraction of sp³-hybridized carbons (Fsp3) is 0.133. The topological polar surface area (TPSA) is 24.1 Å². The first-order chi connectivity index (χ1) is 9.67. The van der Waals surface area contributed by atoms with E-state index in [9.17, 15) is 4.39 Å². The summed E-state index contributed by atoms with van der Waals surface area (Å²) in [7, 11) is 0. The quantitative estimate of drug-likeness (QED) is 0.658. The van der Waals surface area contributed by atoms with Crippen LogP contribution in [-0.2, 0) is 6.54 Å². The lowest BCUT2D eigenvalue weighted by Gasteiger charge is -2.11. The lowest BCUT2D eigenvalue weighted by molar-refractivity contribution is 0.627. The highest BCUT2D eigenvalue weighted by Gasteiger charge is 1.99. The van der Waals surface area contributed by atoms with E-state index in [-0.39, 0.29) is 5.82 Å². The van der Waals surface area contributed by atoms with Crippen molar-refractivity contribution in [1.82, 2.24) is 5.32 Å². The van der Waals surface area contributed by atoms with Gasteiger partial charge in [-0.05, 0) is 60.4 Å². The van der Waals surface area contributed by atoms with Crippen LogP contribution < -0.4 is 10.6 Å². The zero-order valence-electron chi connectivity index (χ0n) is 11.0. The van der Waals surface area contributed by atoms with Gasteiger partial charge in [0.15, 0.2) is 5.11 Å². The first-order valence-corrected chi connectivity index (χ1v) is 7.74. The number of halogens is 1. The highest BCUT2D eigenvalue weighted by Crippen LogP contribution is 2.17. The molecular weight excluding hydrogens is 291 g/mol. The highest BCUT2D eigenvalue weighted by molar-refractivity contribution is 7.98. The molecule has 0 fully saturated rings. The van der Waals surface area contributed by atoms with E-state index in [4.69, 9.17) is 12.2 Å². The van der Waals surface area contributed by atoms with Crippen LogP contribution in [0.5, 0.6) is 0 Å². The number of benzene rings is 2. The largest absolute Gasteiger partial charge is 0.358 e. The summed E-state index contributed by atoms with van der Waals surface area (Å²) in [5.41, 5.74) is 1.92. The molecule has 0 atom stereocenters. The minimum absolute atomic E-state index is 0.233. The SMILES string of the molecule is CSc1ccc(NC(=S)NCc2ccc(F)cc2)cc1. The van der Waals surface area contributed by atoms with Gasteiger partial charge in [-0.2, -0.15) is 0 Å². The van der Waals surface area contributed by atoms with Crippen molar-refractivity contribution in [1.29, 1.82) is 0 Å². The number of hydrogen-bond donors (Lipinski definition) is 2. The Morgan fingerprint density at radius 3 is 2.35 bits per heavy atom. The Labute approximate surface area is 127 Å². The molecule has 2 rings (SSSR count). The Kier molecular flexibility index (Phi) is 5.38. The number of nitrogens with one attached hydrogen (secondary N) is 2. The molecule has 0 spiro atoms. The Balaban J connectivity index is 1.84. The summed E-state index contributed by atoms with van der Waals surface area (Å²) >= 11 is 6.92. The predicted molar refractivity (Wildman–Crippen MR) is 87.7 cm³/mol. The summed E-state index contributed by atoms with van der Waals surface area (Å²) in [6.07, 6.45) is 2.04. The number of thiocarbonyl (C=S) groups is 1. The fourth-order valence-electron chi connectivity index (χ4n) is 1.63. The molecule has 0 aliphatic carbocycles. The van der Waals surface area contributed by atoms with Gasteiger partial charge in [0.05, 0.1) is 0 Å². The summed E-state index contributed by atoms with van der Waals surface area (Å²) in [5, 5.41) is 6.75. The van der Waals surface area contributed by atoms with Gasteiger partial charge < -0.3 is 10.6 Å². The van der Waals surface area contributed by atoms with E-state index in [0.717, 1.165) is 11.3 Å². The summed E-state index contributed by atoms with van der Waals surface area (Å²) < 4.78 is 12.8. The van der Waals surface area contributed by atoms with Crippen molar-refractivity contribution >= 4 is 34.8 Å². The van der Waals surface area contributed by atoms with Crippen LogP contribution in [0.3, 0.4) is 0 Å². The van der Waals surface area contributed by atoms with E-state index in [1.165, 1.54) is 17.0 Å². The lowest BCUT2D eigenvalue weighted by atomic mass is 10.2. The maximum Gasteiger partial charge on any atom is 0.171 e. The second kappa shape index (κ2) is 7.26. The Bertz CT molecular complexity index is 567. The molecule has 104 valence electrons. The highest BCUT2D eigenvalue weighted by atomic mass is 32.2. The zero-order chi connectivity index (χ0) is 14.4. The summed E-state index contributed by atoms with van der Waals surface area (Å²) in [6, 6.07) is 14.4. The monoisotopic (exact) mass is 306 g/mol. The van der Waals surface area contributed by atoms with Gasteiger partial charge in [-0.1, -0.05) is 12.1 Å². The van der Waals surface area contributed by atoms with Gasteiger partial charge in [0.1, 0.15) is 5.82 Å². The van der Waals surface area contributed by atoms with E-state index in [0.29, 0.717) is 11.7 Å². The van der Waals surface area contributed by atoms with E-state index < -0.39 is 0 Å². The molecule has 2 aromatic rings. The third-order valence-electron chi connectivity index (χ3n) is 2.71. The van der Waals surface area contributed by atoms with Crippen molar-refractivity contribution in [2.75, 3.05) is 11.6 Å². The Morgan fingerprint density at radius 1 is 1.10 bits per heavy atom. The van der Waals surface area contributed by atoms with Crippen LogP contribution in [0.1, 0.15) is 5.56 Å². The fourth-order valence-corrected chi connectivity index (χ4v) is 2.23. The molecule has 0 heterocycles. The molecule has 0 unspecified atom stereocenters. The summed E-state index contributed by atoms with van der Waals surface area (Å²) in [5.74, 6) is -0.233. The van der Waals surface area contributed by atoms with Crippen LogP contribution in [0.2, 0.25) is 0 Å². The number of thioether (sulfide) groups is 1. The van der Waals surface area contributed by atoms with Crippen LogP contribution in [0, 0.1) is 5.82 Å². The van der Waals surface area contributed by atoms with Crippen LogP contribution in [-0.4, -0.2) is 11.4 Å². The van der Waals surface area contributed by atoms with Crippen LogP contribution >= 0.6 is 24.0 Å². The van der Waals surface area contributed by atoms with E-state index in [2.05, 4.69) is 10.6 Å². The molecule has 0 aliphatic heterocycles. The molecule has 2 nitrogen and oxygen atoms in total. The first kappa shape index (κ1) is 14.8. The number of hydrogen-bond acceptors (Lipinski definition) is 2. The molecule has 0 aliphatic rings. The molecule has 0 saturated heterocycles. The third-order valence-corrected chi connectivity index (χ3v) is 3.70. The van der Waals surface area contributed by atoms with Crippen molar-refractivity contribution in [3.05, 3.63) is 59.9 Å². The normalized spacial score (nSPS) is 10.1. The Hall–Kier alpha value is -1.59. The Morgan fingerprint density at radius 2 is 1.75 bits per heavy atom. The van der Waals surface area contributed by atoms with Crippen molar-refractivity contribution in [2.45, 2.75) is 11.4 Å². The van der Waals surface area contributed by atoms with Crippen LogP contribution in [0.4, 0.5) is 10.1 Å².